The number of nitrogens with zero attached hydrogens (tertiary/aromatic N) is 3. The zero-order chi connectivity index (χ0) is 12.6. The van der Waals surface area contributed by atoms with Gasteiger partial charge in [-0.15, -0.1) is 0 Å². The SMILES string of the molecule is CCCN1C(=O)C[C@H](N)[C@H]1c1cnn(C)c1C. The van der Waals surface area contributed by atoms with Crippen molar-refractivity contribution in [2.24, 2.45) is 12.8 Å². The lowest BCUT2D eigenvalue weighted by atomic mass is 10.0. The number of amides is 1. The van der Waals surface area contributed by atoms with Gasteiger partial charge in [-0.25, -0.2) is 0 Å². The zero-order valence-corrected chi connectivity index (χ0v) is 10.7. The summed E-state index contributed by atoms with van der Waals surface area (Å²) in [6.45, 7) is 4.86. The van der Waals surface area contributed by atoms with Crippen molar-refractivity contribution in [1.29, 1.82) is 0 Å². The van der Waals surface area contributed by atoms with E-state index < -0.39 is 0 Å². The minimum absolute atomic E-state index is 0.00356. The minimum atomic E-state index is -0.114. The maximum atomic E-state index is 11.9. The predicted octanol–water partition coefficient (Wildman–Crippen LogP) is 0.739. The molecule has 5 heteroatoms. The molecule has 2 heterocycles. The second-order valence-electron chi connectivity index (χ2n) is 4.71. The van der Waals surface area contributed by atoms with E-state index >= 15 is 0 Å². The fourth-order valence-electron chi connectivity index (χ4n) is 2.53. The summed E-state index contributed by atoms with van der Waals surface area (Å²) in [6, 6.07) is -0.118. The molecule has 0 spiro atoms. The van der Waals surface area contributed by atoms with Gasteiger partial charge in [0.2, 0.25) is 5.91 Å². The number of rotatable bonds is 3. The number of aromatic nitrogens is 2. The van der Waals surface area contributed by atoms with Crippen molar-refractivity contribution < 1.29 is 4.79 Å². The highest BCUT2D eigenvalue weighted by molar-refractivity contribution is 5.80. The first-order chi connectivity index (χ1) is 8.06. The summed E-state index contributed by atoms with van der Waals surface area (Å²) in [5, 5.41) is 4.24. The molecule has 1 aliphatic heterocycles. The van der Waals surface area contributed by atoms with E-state index in [0.29, 0.717) is 6.42 Å². The largest absolute Gasteiger partial charge is 0.334 e. The lowest BCUT2D eigenvalue weighted by Crippen LogP contribution is -2.33. The average molecular weight is 236 g/mol. The second kappa shape index (κ2) is 4.49. The molecule has 0 bridgehead atoms. The fourth-order valence-corrected chi connectivity index (χ4v) is 2.53. The van der Waals surface area contributed by atoms with E-state index in [1.807, 2.05) is 29.7 Å². The first-order valence-electron chi connectivity index (χ1n) is 6.09. The molecule has 94 valence electrons. The van der Waals surface area contributed by atoms with E-state index in [9.17, 15) is 4.79 Å². The molecular formula is C12H20N4O. The molecule has 2 atom stereocenters. The minimum Gasteiger partial charge on any atom is -0.334 e. The topological polar surface area (TPSA) is 64.2 Å². The third-order valence-corrected chi connectivity index (χ3v) is 3.53. The monoisotopic (exact) mass is 236 g/mol. The number of likely N-dealkylation sites (tertiary alicyclic amines) is 1. The van der Waals surface area contributed by atoms with Gasteiger partial charge >= 0.3 is 0 Å². The summed E-state index contributed by atoms with van der Waals surface area (Å²) in [6.07, 6.45) is 3.23. The summed E-state index contributed by atoms with van der Waals surface area (Å²) in [4.78, 5) is 13.8. The highest BCUT2D eigenvalue weighted by Crippen LogP contribution is 2.33. The molecule has 5 nitrogen and oxygen atoms in total. The van der Waals surface area contributed by atoms with Gasteiger partial charge < -0.3 is 10.6 Å². The molecule has 17 heavy (non-hydrogen) atoms. The van der Waals surface area contributed by atoms with Crippen LogP contribution in [0.4, 0.5) is 0 Å². The Bertz CT molecular complexity index is 426. The fraction of sp³-hybridized carbons (Fsp3) is 0.667. The van der Waals surface area contributed by atoms with Crippen molar-refractivity contribution in [3.05, 3.63) is 17.5 Å². The average Bonchev–Trinajstić information content (AvgIpc) is 2.72. The van der Waals surface area contributed by atoms with Crippen LogP contribution in [0.2, 0.25) is 0 Å². The molecule has 1 aromatic rings. The molecule has 1 saturated heterocycles. The van der Waals surface area contributed by atoms with Crippen molar-refractivity contribution in [1.82, 2.24) is 14.7 Å². The Morgan fingerprint density at radius 3 is 2.82 bits per heavy atom. The molecule has 0 saturated carbocycles. The first-order valence-corrected chi connectivity index (χ1v) is 6.09. The van der Waals surface area contributed by atoms with Crippen LogP contribution in [-0.4, -0.2) is 33.2 Å². The van der Waals surface area contributed by atoms with Gasteiger partial charge in [0.15, 0.2) is 0 Å². The van der Waals surface area contributed by atoms with Crippen molar-refractivity contribution in [2.45, 2.75) is 38.8 Å². The Kier molecular flexibility index (Phi) is 3.19. The van der Waals surface area contributed by atoms with Crippen LogP contribution in [0.3, 0.4) is 0 Å². The van der Waals surface area contributed by atoms with Crippen LogP contribution in [0.15, 0.2) is 6.20 Å². The van der Waals surface area contributed by atoms with Crippen molar-refractivity contribution >= 4 is 5.91 Å². The number of aryl methyl sites for hydroxylation is 1. The predicted molar refractivity (Wildman–Crippen MR) is 65.3 cm³/mol. The summed E-state index contributed by atoms with van der Waals surface area (Å²) in [7, 11) is 1.91. The van der Waals surface area contributed by atoms with Gasteiger partial charge in [-0.05, 0) is 13.3 Å². The third-order valence-electron chi connectivity index (χ3n) is 3.53. The van der Waals surface area contributed by atoms with Crippen LogP contribution < -0.4 is 5.73 Å². The molecule has 1 aromatic heterocycles. The van der Waals surface area contributed by atoms with Gasteiger partial charge in [-0.1, -0.05) is 6.92 Å². The molecule has 2 N–H and O–H groups in total. The molecule has 1 amide bonds. The zero-order valence-electron chi connectivity index (χ0n) is 10.7. The van der Waals surface area contributed by atoms with Crippen LogP contribution >= 0.6 is 0 Å². The Morgan fingerprint density at radius 1 is 1.59 bits per heavy atom. The standard InChI is InChI=1S/C12H20N4O/c1-4-5-16-11(17)6-10(13)12(16)9-7-14-15(3)8(9)2/h7,10,12H,4-6,13H2,1-3H3/t10-,12+/m0/s1. The number of carbonyl (C=O) groups is 1. The van der Waals surface area contributed by atoms with Crippen LogP contribution in [0.5, 0.6) is 0 Å². The maximum Gasteiger partial charge on any atom is 0.224 e. The number of hydrogen-bond donors (Lipinski definition) is 1. The number of hydrogen-bond acceptors (Lipinski definition) is 3. The Hall–Kier alpha value is -1.36. The van der Waals surface area contributed by atoms with Crippen molar-refractivity contribution in [3.63, 3.8) is 0 Å². The molecule has 0 unspecified atom stereocenters. The maximum absolute atomic E-state index is 11.9. The molecule has 1 fully saturated rings. The van der Waals surface area contributed by atoms with Crippen LogP contribution in [0.1, 0.15) is 37.1 Å². The van der Waals surface area contributed by atoms with E-state index in [4.69, 9.17) is 5.73 Å². The van der Waals surface area contributed by atoms with Crippen molar-refractivity contribution in [3.8, 4) is 0 Å². The van der Waals surface area contributed by atoms with E-state index in [1.54, 1.807) is 0 Å². The van der Waals surface area contributed by atoms with E-state index in [-0.39, 0.29) is 18.0 Å². The summed E-state index contributed by atoms with van der Waals surface area (Å²) < 4.78 is 1.83. The van der Waals surface area contributed by atoms with Crippen LogP contribution in [-0.2, 0) is 11.8 Å². The molecule has 2 rings (SSSR count). The van der Waals surface area contributed by atoms with E-state index in [2.05, 4.69) is 12.0 Å². The molecule has 1 aliphatic rings. The Labute approximate surface area is 102 Å². The smallest absolute Gasteiger partial charge is 0.224 e. The van der Waals surface area contributed by atoms with Gasteiger partial charge in [-0.2, -0.15) is 5.10 Å². The van der Waals surface area contributed by atoms with E-state index in [0.717, 1.165) is 24.2 Å². The lowest BCUT2D eigenvalue weighted by molar-refractivity contribution is -0.129. The van der Waals surface area contributed by atoms with Gasteiger partial charge in [0, 0.05) is 37.3 Å². The second-order valence-corrected chi connectivity index (χ2v) is 4.71. The van der Waals surface area contributed by atoms with Crippen LogP contribution in [0, 0.1) is 6.92 Å². The highest BCUT2D eigenvalue weighted by atomic mass is 16.2. The molecule has 0 aromatic carbocycles. The summed E-state index contributed by atoms with van der Waals surface area (Å²) >= 11 is 0. The Balaban J connectivity index is 2.34. The number of nitrogens with two attached hydrogens (primary N) is 1. The number of carbonyl (C=O) groups excluding carboxylic acids is 1. The first kappa shape index (κ1) is 12.1. The highest BCUT2D eigenvalue weighted by Gasteiger charge is 2.39. The molecule has 0 radical (unpaired) electrons. The van der Waals surface area contributed by atoms with Gasteiger partial charge in [0.25, 0.3) is 0 Å². The third kappa shape index (κ3) is 1.95. The summed E-state index contributed by atoms with van der Waals surface area (Å²) in [5.41, 5.74) is 8.27. The summed E-state index contributed by atoms with van der Waals surface area (Å²) in [5.74, 6) is 0.160. The van der Waals surface area contributed by atoms with E-state index in [1.165, 1.54) is 0 Å². The Morgan fingerprint density at radius 2 is 2.29 bits per heavy atom. The van der Waals surface area contributed by atoms with Gasteiger partial charge in [-0.3, -0.25) is 9.48 Å². The normalized spacial score (nSPS) is 24.7. The quantitative estimate of drug-likeness (QED) is 0.842. The van der Waals surface area contributed by atoms with Gasteiger partial charge in [0.1, 0.15) is 0 Å². The van der Waals surface area contributed by atoms with Gasteiger partial charge in [0.05, 0.1) is 12.2 Å². The molecule has 0 aliphatic carbocycles. The van der Waals surface area contributed by atoms with Crippen LogP contribution in [0.25, 0.3) is 0 Å². The lowest BCUT2D eigenvalue weighted by Gasteiger charge is -2.26. The van der Waals surface area contributed by atoms with Crippen molar-refractivity contribution in [2.75, 3.05) is 6.54 Å². The molecular weight excluding hydrogens is 216 g/mol.